The Morgan fingerprint density at radius 1 is 1.62 bits per heavy atom. The van der Waals surface area contributed by atoms with Crippen LogP contribution in [0.15, 0.2) is 28.3 Å². The fourth-order valence-electron chi connectivity index (χ4n) is 1.11. The molecule has 1 aromatic carbocycles. The summed E-state index contributed by atoms with van der Waals surface area (Å²) in [6.45, 7) is 4.29. The van der Waals surface area contributed by atoms with Crippen molar-refractivity contribution in [2.75, 3.05) is 0 Å². The van der Waals surface area contributed by atoms with Crippen LogP contribution in [-0.4, -0.2) is 16.3 Å². The van der Waals surface area contributed by atoms with Gasteiger partial charge in [0.1, 0.15) is 0 Å². The van der Waals surface area contributed by atoms with E-state index in [4.69, 9.17) is 22.5 Å². The molecule has 3 N–H and O–H groups in total. The maximum Gasteiger partial charge on any atom is 0.170 e. The van der Waals surface area contributed by atoms with E-state index in [0.29, 0.717) is 15.8 Å². The predicted molar refractivity (Wildman–Crippen MR) is 69.6 cm³/mol. The fraction of sp³-hybridized carbons (Fsp3) is 0.364. The normalized spacial score (nSPS) is 13.8. The summed E-state index contributed by atoms with van der Waals surface area (Å²) in [5.41, 5.74) is 6.10. The van der Waals surface area contributed by atoms with Gasteiger partial charge in [0.25, 0.3) is 0 Å². The number of nitrogens with zero attached hydrogens (tertiary/aromatic N) is 1. The summed E-state index contributed by atoms with van der Waals surface area (Å²) in [4.78, 5) is 1.02. The maximum atomic E-state index is 8.55. The molecule has 0 fully saturated rings. The van der Waals surface area contributed by atoms with Crippen LogP contribution in [0.5, 0.6) is 0 Å². The van der Waals surface area contributed by atoms with E-state index in [-0.39, 0.29) is 5.84 Å². The third-order valence-corrected chi connectivity index (χ3v) is 4.01. The molecule has 1 atom stereocenters. The molecule has 0 heterocycles. The molecule has 16 heavy (non-hydrogen) atoms. The number of hydrogen-bond donors (Lipinski definition) is 2. The van der Waals surface area contributed by atoms with Gasteiger partial charge in [-0.05, 0) is 24.6 Å². The smallest absolute Gasteiger partial charge is 0.170 e. The largest absolute Gasteiger partial charge is 0.409 e. The third kappa shape index (κ3) is 3.32. The molecular formula is C11H15ClN2OS. The van der Waals surface area contributed by atoms with E-state index in [1.54, 1.807) is 23.9 Å². The highest BCUT2D eigenvalue weighted by molar-refractivity contribution is 8.00. The standard InChI is InChI=1S/C11H15ClN2OS/c1-3-7(2)16-10-5-4-8(6-9(10)12)11(13)14-15/h4-7,15H,3H2,1-2H3,(H2,13,14). The molecule has 0 radical (unpaired) electrons. The first kappa shape index (κ1) is 13.2. The van der Waals surface area contributed by atoms with Crippen molar-refractivity contribution in [3.8, 4) is 0 Å². The molecule has 1 rings (SSSR count). The van der Waals surface area contributed by atoms with Gasteiger partial charge in [-0.3, -0.25) is 0 Å². The molecule has 0 aliphatic rings. The Hall–Kier alpha value is -0.870. The zero-order valence-electron chi connectivity index (χ0n) is 9.27. The van der Waals surface area contributed by atoms with Crippen molar-refractivity contribution >= 4 is 29.2 Å². The minimum Gasteiger partial charge on any atom is -0.409 e. The second-order valence-electron chi connectivity index (χ2n) is 3.47. The molecule has 1 unspecified atom stereocenters. The summed E-state index contributed by atoms with van der Waals surface area (Å²) >= 11 is 7.84. The number of amidine groups is 1. The molecule has 0 saturated carbocycles. The van der Waals surface area contributed by atoms with Gasteiger partial charge in [-0.25, -0.2) is 0 Å². The third-order valence-electron chi connectivity index (χ3n) is 2.24. The maximum absolute atomic E-state index is 8.55. The molecule has 0 amide bonds. The molecular weight excluding hydrogens is 244 g/mol. The summed E-state index contributed by atoms with van der Waals surface area (Å²) in [7, 11) is 0. The van der Waals surface area contributed by atoms with Gasteiger partial charge in [-0.15, -0.1) is 11.8 Å². The molecule has 5 heteroatoms. The zero-order chi connectivity index (χ0) is 12.1. The number of oxime groups is 1. The van der Waals surface area contributed by atoms with Crippen molar-refractivity contribution in [1.82, 2.24) is 0 Å². The molecule has 0 spiro atoms. The Kier molecular flexibility index (Phi) is 4.96. The highest BCUT2D eigenvalue weighted by atomic mass is 35.5. The molecule has 0 aliphatic carbocycles. The van der Waals surface area contributed by atoms with Crippen molar-refractivity contribution in [3.05, 3.63) is 28.8 Å². The molecule has 0 aromatic heterocycles. The van der Waals surface area contributed by atoms with Gasteiger partial charge in [0.15, 0.2) is 5.84 Å². The monoisotopic (exact) mass is 258 g/mol. The summed E-state index contributed by atoms with van der Waals surface area (Å²) in [5.74, 6) is 0.0713. The lowest BCUT2D eigenvalue weighted by Crippen LogP contribution is -2.12. The lowest BCUT2D eigenvalue weighted by atomic mass is 10.2. The van der Waals surface area contributed by atoms with E-state index in [1.165, 1.54) is 0 Å². The van der Waals surface area contributed by atoms with E-state index >= 15 is 0 Å². The first-order valence-corrected chi connectivity index (χ1v) is 6.28. The summed E-state index contributed by atoms with van der Waals surface area (Å²) in [6.07, 6.45) is 1.09. The molecule has 1 aromatic rings. The van der Waals surface area contributed by atoms with E-state index in [1.807, 2.05) is 6.07 Å². The van der Waals surface area contributed by atoms with Gasteiger partial charge >= 0.3 is 0 Å². The Balaban J connectivity index is 2.92. The highest BCUT2D eigenvalue weighted by Gasteiger charge is 2.08. The molecule has 0 bridgehead atoms. The SMILES string of the molecule is CCC(C)Sc1ccc(C(N)=NO)cc1Cl. The van der Waals surface area contributed by atoms with Gasteiger partial charge in [0, 0.05) is 15.7 Å². The van der Waals surface area contributed by atoms with Gasteiger partial charge in [-0.1, -0.05) is 30.6 Å². The Labute approximate surface area is 105 Å². The number of nitrogens with two attached hydrogens (primary N) is 1. The average Bonchev–Trinajstić information content (AvgIpc) is 2.30. The molecule has 0 aliphatic heterocycles. The van der Waals surface area contributed by atoms with Crippen LogP contribution in [0.25, 0.3) is 0 Å². The van der Waals surface area contributed by atoms with E-state index in [0.717, 1.165) is 11.3 Å². The van der Waals surface area contributed by atoms with Crippen LogP contribution in [0.4, 0.5) is 0 Å². The quantitative estimate of drug-likeness (QED) is 0.286. The van der Waals surface area contributed by atoms with Gasteiger partial charge in [-0.2, -0.15) is 0 Å². The van der Waals surface area contributed by atoms with Crippen molar-refractivity contribution in [2.45, 2.75) is 30.4 Å². The van der Waals surface area contributed by atoms with E-state index in [2.05, 4.69) is 19.0 Å². The second kappa shape index (κ2) is 6.01. The van der Waals surface area contributed by atoms with Crippen LogP contribution in [0, 0.1) is 0 Å². The van der Waals surface area contributed by atoms with Crippen molar-refractivity contribution in [1.29, 1.82) is 0 Å². The van der Waals surface area contributed by atoms with Crippen LogP contribution in [0.3, 0.4) is 0 Å². The minimum atomic E-state index is 0.0713. The number of rotatable bonds is 4. The predicted octanol–water partition coefficient (Wildman–Crippen LogP) is 3.33. The zero-order valence-corrected chi connectivity index (χ0v) is 10.8. The van der Waals surface area contributed by atoms with Crippen LogP contribution >= 0.6 is 23.4 Å². The Bertz CT molecular complexity index is 396. The molecule has 0 saturated heterocycles. The Morgan fingerprint density at radius 2 is 2.31 bits per heavy atom. The first-order chi connectivity index (χ1) is 7.58. The second-order valence-corrected chi connectivity index (χ2v) is 5.35. The van der Waals surface area contributed by atoms with Crippen LogP contribution in [-0.2, 0) is 0 Å². The number of hydrogen-bond acceptors (Lipinski definition) is 3. The fourth-order valence-corrected chi connectivity index (χ4v) is 2.35. The number of benzene rings is 1. The Morgan fingerprint density at radius 3 is 2.81 bits per heavy atom. The summed E-state index contributed by atoms with van der Waals surface area (Å²) in [5, 5.41) is 12.6. The van der Waals surface area contributed by atoms with Crippen LogP contribution in [0.1, 0.15) is 25.8 Å². The van der Waals surface area contributed by atoms with E-state index in [9.17, 15) is 0 Å². The summed E-state index contributed by atoms with van der Waals surface area (Å²) < 4.78 is 0. The number of thioether (sulfide) groups is 1. The topological polar surface area (TPSA) is 58.6 Å². The molecule has 3 nitrogen and oxygen atoms in total. The highest BCUT2D eigenvalue weighted by Crippen LogP contribution is 2.32. The lowest BCUT2D eigenvalue weighted by Gasteiger charge is -2.10. The van der Waals surface area contributed by atoms with E-state index < -0.39 is 0 Å². The van der Waals surface area contributed by atoms with Gasteiger partial charge in [0.05, 0.1) is 5.02 Å². The lowest BCUT2D eigenvalue weighted by molar-refractivity contribution is 0.318. The number of halogens is 1. The summed E-state index contributed by atoms with van der Waals surface area (Å²) in [6, 6.07) is 5.40. The van der Waals surface area contributed by atoms with Gasteiger partial charge < -0.3 is 10.9 Å². The van der Waals surface area contributed by atoms with Crippen molar-refractivity contribution in [3.63, 3.8) is 0 Å². The first-order valence-electron chi connectivity index (χ1n) is 5.02. The minimum absolute atomic E-state index is 0.0713. The van der Waals surface area contributed by atoms with Gasteiger partial charge in [0.2, 0.25) is 0 Å². The van der Waals surface area contributed by atoms with Crippen molar-refractivity contribution in [2.24, 2.45) is 10.9 Å². The van der Waals surface area contributed by atoms with Crippen LogP contribution < -0.4 is 5.73 Å². The molecule has 88 valence electrons. The van der Waals surface area contributed by atoms with Crippen molar-refractivity contribution < 1.29 is 5.21 Å². The average molecular weight is 259 g/mol. The van der Waals surface area contributed by atoms with Crippen LogP contribution in [0.2, 0.25) is 5.02 Å².